The summed E-state index contributed by atoms with van der Waals surface area (Å²) < 4.78 is 19.3. The summed E-state index contributed by atoms with van der Waals surface area (Å²) in [4.78, 5) is 7.01. The number of aliphatic imine (C=N–C) groups is 1. The molecule has 2 N–H and O–H groups in total. The molecule has 5 nitrogen and oxygen atoms in total. The molecule has 1 saturated carbocycles. The zero-order valence-electron chi connectivity index (χ0n) is 16.6. The van der Waals surface area contributed by atoms with Gasteiger partial charge in [-0.2, -0.15) is 0 Å². The van der Waals surface area contributed by atoms with Gasteiger partial charge in [0, 0.05) is 61.9 Å². The van der Waals surface area contributed by atoms with Gasteiger partial charge >= 0.3 is 0 Å². The van der Waals surface area contributed by atoms with Crippen LogP contribution < -0.4 is 10.6 Å². The fourth-order valence-electron chi connectivity index (χ4n) is 3.72. The van der Waals surface area contributed by atoms with Crippen LogP contribution in [0.3, 0.4) is 0 Å². The summed E-state index contributed by atoms with van der Waals surface area (Å²) in [6.07, 6.45) is 3.04. The van der Waals surface area contributed by atoms with Crippen LogP contribution in [0.15, 0.2) is 23.2 Å². The van der Waals surface area contributed by atoms with Crippen LogP contribution in [-0.2, 0) is 4.74 Å². The predicted molar refractivity (Wildman–Crippen MR) is 124 cm³/mol. The normalized spacial score (nSPS) is 23.2. The lowest BCUT2D eigenvalue weighted by Crippen LogP contribution is -2.49. The smallest absolute Gasteiger partial charge is 0.191 e. The van der Waals surface area contributed by atoms with Gasteiger partial charge in [0.2, 0.25) is 0 Å². The second-order valence-electron chi connectivity index (χ2n) is 7.30. The molecule has 2 aliphatic rings. The van der Waals surface area contributed by atoms with Crippen LogP contribution in [0.1, 0.15) is 37.7 Å². The monoisotopic (exact) mass is 524 g/mol. The molecule has 0 amide bonds. The molecule has 0 aromatic heterocycles. The van der Waals surface area contributed by atoms with Gasteiger partial charge in [0.05, 0.1) is 6.61 Å². The van der Waals surface area contributed by atoms with Crippen molar-refractivity contribution >= 4 is 41.5 Å². The van der Waals surface area contributed by atoms with E-state index in [1.54, 1.807) is 19.2 Å². The maximum absolute atomic E-state index is 14.1. The van der Waals surface area contributed by atoms with Gasteiger partial charge in [0.15, 0.2) is 5.96 Å². The number of hydrogen-bond acceptors (Lipinski definition) is 3. The molecule has 1 aliphatic heterocycles. The Hall–Kier alpha value is -0.640. The van der Waals surface area contributed by atoms with Gasteiger partial charge in [-0.15, -0.1) is 24.0 Å². The summed E-state index contributed by atoms with van der Waals surface area (Å²) >= 11 is 6.21. The van der Waals surface area contributed by atoms with Crippen molar-refractivity contribution in [2.75, 3.05) is 39.9 Å². The number of halogens is 3. The Bertz CT molecular complexity index is 635. The van der Waals surface area contributed by atoms with E-state index in [0.29, 0.717) is 23.2 Å². The molecule has 0 bridgehead atoms. The Labute approximate surface area is 189 Å². The Kier molecular flexibility index (Phi) is 9.73. The van der Waals surface area contributed by atoms with Gasteiger partial charge in [-0.25, -0.2) is 4.39 Å². The van der Waals surface area contributed by atoms with E-state index >= 15 is 0 Å². The highest BCUT2D eigenvalue weighted by Crippen LogP contribution is 2.44. The number of likely N-dealkylation sites (tertiary alicyclic amines) is 1. The van der Waals surface area contributed by atoms with Crippen LogP contribution in [0.25, 0.3) is 0 Å². The minimum Gasteiger partial charge on any atom is -0.383 e. The van der Waals surface area contributed by atoms with E-state index in [1.807, 2.05) is 6.92 Å². The Morgan fingerprint density at radius 1 is 1.32 bits per heavy atom. The number of benzene rings is 1. The number of nitrogens with one attached hydrogen (secondary N) is 2. The number of ether oxygens (including phenoxy) is 1. The number of methoxy groups -OCH3 is 1. The summed E-state index contributed by atoms with van der Waals surface area (Å²) in [5.74, 6) is 0.716. The molecular weight excluding hydrogens is 494 g/mol. The molecule has 2 fully saturated rings. The van der Waals surface area contributed by atoms with Crippen molar-refractivity contribution in [2.24, 2.45) is 4.99 Å². The minimum absolute atomic E-state index is 0. The highest BCUT2D eigenvalue weighted by Gasteiger charge is 2.42. The minimum atomic E-state index is -0.220. The molecule has 2 unspecified atom stereocenters. The van der Waals surface area contributed by atoms with Gasteiger partial charge in [-0.3, -0.25) is 4.99 Å². The first-order valence-corrected chi connectivity index (χ1v) is 10.2. The van der Waals surface area contributed by atoms with E-state index in [9.17, 15) is 4.39 Å². The zero-order chi connectivity index (χ0) is 19.2. The Morgan fingerprint density at radius 3 is 2.71 bits per heavy atom. The van der Waals surface area contributed by atoms with E-state index < -0.39 is 0 Å². The molecule has 8 heteroatoms. The van der Waals surface area contributed by atoms with E-state index in [1.165, 1.54) is 6.07 Å². The van der Waals surface area contributed by atoms with Crippen molar-refractivity contribution < 1.29 is 9.13 Å². The fraction of sp³-hybridized carbons (Fsp3) is 0.650. The lowest BCUT2D eigenvalue weighted by molar-refractivity contribution is 0.128. The molecule has 1 aromatic rings. The van der Waals surface area contributed by atoms with Crippen LogP contribution in [0.5, 0.6) is 0 Å². The fourth-order valence-corrected chi connectivity index (χ4v) is 4.02. The molecule has 158 valence electrons. The average molecular weight is 525 g/mol. The van der Waals surface area contributed by atoms with E-state index in [4.69, 9.17) is 16.3 Å². The quantitative estimate of drug-likeness (QED) is 0.325. The van der Waals surface area contributed by atoms with Gasteiger partial charge in [0.25, 0.3) is 0 Å². The first-order valence-electron chi connectivity index (χ1n) is 9.85. The maximum Gasteiger partial charge on any atom is 0.191 e. The topological polar surface area (TPSA) is 48.9 Å². The average Bonchev–Trinajstić information content (AvgIpc) is 3.40. The predicted octanol–water partition coefficient (Wildman–Crippen LogP) is 3.62. The SMILES string of the molecule is CCN=C(NC1CCN(CCOC)CC1)NC1CC1c1c(F)cccc1Cl.I. The van der Waals surface area contributed by atoms with Crippen LogP contribution >= 0.6 is 35.6 Å². The molecule has 28 heavy (non-hydrogen) atoms. The number of piperidine rings is 1. The first kappa shape index (κ1) is 23.6. The molecule has 1 saturated heterocycles. The van der Waals surface area contributed by atoms with Crippen molar-refractivity contribution in [3.05, 3.63) is 34.6 Å². The summed E-state index contributed by atoms with van der Waals surface area (Å²) in [6, 6.07) is 5.48. The van der Waals surface area contributed by atoms with Gasteiger partial charge in [0.1, 0.15) is 5.82 Å². The van der Waals surface area contributed by atoms with Crippen molar-refractivity contribution in [1.29, 1.82) is 0 Å². The molecule has 2 atom stereocenters. The highest BCUT2D eigenvalue weighted by molar-refractivity contribution is 14.0. The first-order chi connectivity index (χ1) is 13.1. The number of guanidine groups is 1. The van der Waals surface area contributed by atoms with Crippen LogP contribution in [0.4, 0.5) is 4.39 Å². The second-order valence-corrected chi connectivity index (χ2v) is 7.71. The molecule has 1 aromatic carbocycles. The summed E-state index contributed by atoms with van der Waals surface area (Å²) in [7, 11) is 1.74. The van der Waals surface area contributed by atoms with Gasteiger partial charge in [-0.05, 0) is 38.3 Å². The maximum atomic E-state index is 14.1. The summed E-state index contributed by atoms with van der Waals surface area (Å²) in [6.45, 7) is 6.64. The Morgan fingerprint density at radius 2 is 2.07 bits per heavy atom. The van der Waals surface area contributed by atoms with Crippen LogP contribution in [0, 0.1) is 5.82 Å². The van der Waals surface area contributed by atoms with Crippen molar-refractivity contribution in [2.45, 2.75) is 44.2 Å². The highest BCUT2D eigenvalue weighted by atomic mass is 127. The van der Waals surface area contributed by atoms with Crippen molar-refractivity contribution in [3.63, 3.8) is 0 Å². The van der Waals surface area contributed by atoms with Crippen LogP contribution in [-0.4, -0.2) is 62.8 Å². The van der Waals surface area contributed by atoms with Gasteiger partial charge in [-0.1, -0.05) is 17.7 Å². The largest absolute Gasteiger partial charge is 0.383 e. The van der Waals surface area contributed by atoms with E-state index in [-0.39, 0.29) is 41.8 Å². The lowest BCUT2D eigenvalue weighted by Gasteiger charge is -2.33. The third kappa shape index (κ3) is 6.43. The van der Waals surface area contributed by atoms with Crippen LogP contribution in [0.2, 0.25) is 5.02 Å². The standard InChI is InChI=1S/C20H30ClFN4O.HI/c1-3-23-20(24-14-7-9-26(10-8-14)11-12-27-2)25-18-13-15(18)19-16(21)5-4-6-17(19)22;/h4-6,14-15,18H,3,7-13H2,1-2H3,(H2,23,24,25);1H. The summed E-state index contributed by atoms with van der Waals surface area (Å²) in [5.41, 5.74) is 0.624. The molecule has 3 rings (SSSR count). The van der Waals surface area contributed by atoms with E-state index in [2.05, 4.69) is 20.5 Å². The third-order valence-electron chi connectivity index (χ3n) is 5.34. The third-order valence-corrected chi connectivity index (χ3v) is 5.67. The van der Waals surface area contributed by atoms with Gasteiger partial charge < -0.3 is 20.3 Å². The van der Waals surface area contributed by atoms with Crippen molar-refractivity contribution in [1.82, 2.24) is 15.5 Å². The molecular formula is C20H31ClFIN4O. The number of rotatable bonds is 7. The molecule has 0 radical (unpaired) electrons. The number of nitrogens with zero attached hydrogens (tertiary/aromatic N) is 2. The zero-order valence-corrected chi connectivity index (χ0v) is 19.7. The number of hydrogen-bond donors (Lipinski definition) is 2. The Balaban J connectivity index is 0.00000280. The molecule has 0 spiro atoms. The molecule has 1 heterocycles. The van der Waals surface area contributed by atoms with E-state index in [0.717, 1.165) is 51.5 Å². The molecule has 1 aliphatic carbocycles. The second kappa shape index (κ2) is 11.5. The van der Waals surface area contributed by atoms with Crippen molar-refractivity contribution in [3.8, 4) is 0 Å². The lowest BCUT2D eigenvalue weighted by atomic mass is 10.1. The summed E-state index contributed by atoms with van der Waals surface area (Å²) in [5, 5.41) is 7.54.